The number of aryl methyl sites for hydroxylation is 1. The Kier molecular flexibility index (Phi) is 4.03. The standard InChI is InChI=1S/C17H19N3O3/c1-10-12(9-18)6-7-13(19-10)16(21)20-14-5-3-2-4-11(14)8-15(20)17(22)23/h6-7,11,14-15H,2-5,8H2,1H3,(H,22,23)/t11-,14+,15+/m1/s1. The molecule has 2 aliphatic rings. The summed E-state index contributed by atoms with van der Waals surface area (Å²) in [5.74, 6) is -1.01. The molecule has 1 aliphatic heterocycles. The number of aromatic nitrogens is 1. The van der Waals surface area contributed by atoms with Crippen LogP contribution in [0.4, 0.5) is 0 Å². The average Bonchev–Trinajstić information content (AvgIpc) is 2.93. The van der Waals surface area contributed by atoms with Crippen molar-refractivity contribution in [3.8, 4) is 6.07 Å². The van der Waals surface area contributed by atoms with Gasteiger partial charge < -0.3 is 10.0 Å². The fourth-order valence-electron chi connectivity index (χ4n) is 3.90. The van der Waals surface area contributed by atoms with Crippen molar-refractivity contribution in [1.82, 2.24) is 9.88 Å². The number of carbonyl (C=O) groups excluding carboxylic acids is 1. The van der Waals surface area contributed by atoms with E-state index in [9.17, 15) is 14.7 Å². The van der Waals surface area contributed by atoms with Crippen LogP contribution in [0.15, 0.2) is 12.1 Å². The lowest BCUT2D eigenvalue weighted by atomic mass is 9.84. The first kappa shape index (κ1) is 15.5. The van der Waals surface area contributed by atoms with Crippen LogP contribution in [0.1, 0.15) is 53.8 Å². The second kappa shape index (κ2) is 5.99. The molecule has 120 valence electrons. The minimum Gasteiger partial charge on any atom is -0.480 e. The van der Waals surface area contributed by atoms with Crippen LogP contribution in [0, 0.1) is 24.2 Å². The molecule has 1 saturated heterocycles. The zero-order valence-electron chi connectivity index (χ0n) is 13.0. The predicted molar refractivity (Wildman–Crippen MR) is 81.6 cm³/mol. The Morgan fingerprint density at radius 3 is 2.74 bits per heavy atom. The molecule has 2 heterocycles. The summed E-state index contributed by atoms with van der Waals surface area (Å²) in [6, 6.07) is 4.33. The Morgan fingerprint density at radius 2 is 2.09 bits per heavy atom. The Labute approximate surface area is 134 Å². The maximum atomic E-state index is 12.9. The molecule has 23 heavy (non-hydrogen) atoms. The molecular weight excluding hydrogens is 294 g/mol. The highest BCUT2D eigenvalue weighted by molar-refractivity contribution is 5.95. The van der Waals surface area contributed by atoms with Gasteiger partial charge in [-0.2, -0.15) is 5.26 Å². The van der Waals surface area contributed by atoms with Crippen molar-refractivity contribution in [2.24, 2.45) is 5.92 Å². The second-order valence-electron chi connectivity index (χ2n) is 6.36. The van der Waals surface area contributed by atoms with Crippen molar-refractivity contribution in [2.45, 2.75) is 51.1 Å². The van der Waals surface area contributed by atoms with E-state index in [1.165, 1.54) is 11.0 Å². The van der Waals surface area contributed by atoms with Crippen molar-refractivity contribution in [3.63, 3.8) is 0 Å². The van der Waals surface area contributed by atoms with E-state index in [-0.39, 0.29) is 23.6 Å². The summed E-state index contributed by atoms with van der Waals surface area (Å²) in [5.41, 5.74) is 1.14. The van der Waals surface area contributed by atoms with Gasteiger partial charge in [0.2, 0.25) is 0 Å². The van der Waals surface area contributed by atoms with Crippen LogP contribution < -0.4 is 0 Å². The number of amides is 1. The summed E-state index contributed by atoms with van der Waals surface area (Å²) in [6.45, 7) is 1.68. The highest BCUT2D eigenvalue weighted by Gasteiger charge is 2.47. The van der Waals surface area contributed by atoms with Crippen LogP contribution in [-0.4, -0.2) is 39.0 Å². The Morgan fingerprint density at radius 1 is 1.35 bits per heavy atom. The van der Waals surface area contributed by atoms with Crippen molar-refractivity contribution in [2.75, 3.05) is 0 Å². The highest BCUT2D eigenvalue weighted by atomic mass is 16.4. The number of nitrogens with zero attached hydrogens (tertiary/aromatic N) is 3. The molecule has 0 radical (unpaired) electrons. The van der Waals surface area contributed by atoms with E-state index in [0.29, 0.717) is 17.7 Å². The summed E-state index contributed by atoms with van der Waals surface area (Å²) in [6.07, 6.45) is 4.50. The number of likely N-dealkylation sites (tertiary alicyclic amines) is 1. The van der Waals surface area contributed by atoms with E-state index in [1.807, 2.05) is 6.07 Å². The first-order valence-electron chi connectivity index (χ1n) is 7.96. The smallest absolute Gasteiger partial charge is 0.326 e. The molecular formula is C17H19N3O3. The molecule has 3 rings (SSSR count). The topological polar surface area (TPSA) is 94.3 Å². The fourth-order valence-corrected chi connectivity index (χ4v) is 3.90. The van der Waals surface area contributed by atoms with Crippen molar-refractivity contribution in [1.29, 1.82) is 5.26 Å². The van der Waals surface area contributed by atoms with Crippen molar-refractivity contribution < 1.29 is 14.7 Å². The number of rotatable bonds is 2. The van der Waals surface area contributed by atoms with Gasteiger partial charge in [-0.25, -0.2) is 9.78 Å². The molecule has 2 fully saturated rings. The van der Waals surface area contributed by atoms with Crippen LogP contribution in [0.5, 0.6) is 0 Å². The summed E-state index contributed by atoms with van der Waals surface area (Å²) in [4.78, 5) is 30.2. The van der Waals surface area contributed by atoms with Gasteiger partial charge in [0, 0.05) is 6.04 Å². The quantitative estimate of drug-likeness (QED) is 0.902. The third kappa shape index (κ3) is 2.67. The molecule has 0 spiro atoms. The van der Waals surface area contributed by atoms with Gasteiger partial charge in [0.05, 0.1) is 11.3 Å². The number of carboxylic acids is 1. The summed E-state index contributed by atoms with van der Waals surface area (Å²) in [7, 11) is 0. The van der Waals surface area contributed by atoms with Gasteiger partial charge in [0.1, 0.15) is 17.8 Å². The van der Waals surface area contributed by atoms with E-state index in [1.54, 1.807) is 13.0 Å². The number of carbonyl (C=O) groups is 2. The van der Waals surface area contributed by atoms with E-state index in [4.69, 9.17) is 5.26 Å². The number of carboxylic acid groups (broad SMARTS) is 1. The number of fused-ring (bicyclic) bond motifs is 1. The fraction of sp³-hybridized carbons (Fsp3) is 0.529. The zero-order valence-corrected chi connectivity index (χ0v) is 13.0. The average molecular weight is 313 g/mol. The monoisotopic (exact) mass is 313 g/mol. The summed E-state index contributed by atoms with van der Waals surface area (Å²) < 4.78 is 0. The first-order valence-corrected chi connectivity index (χ1v) is 7.96. The van der Waals surface area contributed by atoms with E-state index in [0.717, 1.165) is 25.7 Å². The summed E-state index contributed by atoms with van der Waals surface area (Å²) in [5, 5.41) is 18.5. The van der Waals surface area contributed by atoms with Gasteiger partial charge in [0.15, 0.2) is 0 Å². The van der Waals surface area contributed by atoms with E-state index < -0.39 is 12.0 Å². The number of hydrogen-bond donors (Lipinski definition) is 1. The maximum Gasteiger partial charge on any atom is 0.326 e. The highest BCUT2D eigenvalue weighted by Crippen LogP contribution is 2.40. The molecule has 1 aliphatic carbocycles. The molecule has 1 N–H and O–H groups in total. The van der Waals surface area contributed by atoms with Gasteiger partial charge in [-0.05, 0) is 44.2 Å². The molecule has 6 heteroatoms. The van der Waals surface area contributed by atoms with E-state index >= 15 is 0 Å². The van der Waals surface area contributed by atoms with Crippen molar-refractivity contribution >= 4 is 11.9 Å². The van der Waals surface area contributed by atoms with Crippen LogP contribution in [0.25, 0.3) is 0 Å². The zero-order chi connectivity index (χ0) is 16.6. The Bertz CT molecular complexity index is 695. The minimum atomic E-state index is -0.946. The Hall–Kier alpha value is -2.42. The number of aliphatic carboxylic acids is 1. The Balaban J connectivity index is 1.93. The van der Waals surface area contributed by atoms with Crippen LogP contribution in [0.3, 0.4) is 0 Å². The largest absolute Gasteiger partial charge is 0.480 e. The normalized spacial score (nSPS) is 26.4. The molecule has 0 aromatic carbocycles. The molecule has 0 bridgehead atoms. The molecule has 3 atom stereocenters. The molecule has 1 aromatic rings. The molecule has 1 saturated carbocycles. The van der Waals surface area contributed by atoms with E-state index in [2.05, 4.69) is 4.98 Å². The lowest BCUT2D eigenvalue weighted by Crippen LogP contribution is -2.46. The van der Waals surface area contributed by atoms with Gasteiger partial charge in [-0.3, -0.25) is 4.79 Å². The molecule has 0 unspecified atom stereocenters. The predicted octanol–water partition coefficient (Wildman–Crippen LogP) is 2.12. The minimum absolute atomic E-state index is 0.00454. The first-order chi connectivity index (χ1) is 11.0. The lowest BCUT2D eigenvalue weighted by molar-refractivity contribution is -0.141. The van der Waals surface area contributed by atoms with Gasteiger partial charge >= 0.3 is 5.97 Å². The number of hydrogen-bond acceptors (Lipinski definition) is 4. The third-order valence-electron chi connectivity index (χ3n) is 5.03. The number of pyridine rings is 1. The SMILES string of the molecule is Cc1nc(C(=O)N2[C@H](C(=O)O)C[C@H]3CCCC[C@@H]32)ccc1C#N. The van der Waals surface area contributed by atoms with Crippen molar-refractivity contribution in [3.05, 3.63) is 29.1 Å². The summed E-state index contributed by atoms with van der Waals surface area (Å²) >= 11 is 0. The second-order valence-corrected chi connectivity index (χ2v) is 6.36. The van der Waals surface area contributed by atoms with Gasteiger partial charge in [-0.1, -0.05) is 12.8 Å². The van der Waals surface area contributed by atoms with Crippen LogP contribution in [0.2, 0.25) is 0 Å². The molecule has 1 amide bonds. The van der Waals surface area contributed by atoms with Gasteiger partial charge in [-0.15, -0.1) is 0 Å². The molecule has 6 nitrogen and oxygen atoms in total. The van der Waals surface area contributed by atoms with Crippen LogP contribution >= 0.6 is 0 Å². The van der Waals surface area contributed by atoms with Gasteiger partial charge in [0.25, 0.3) is 5.91 Å². The number of nitriles is 1. The lowest BCUT2D eigenvalue weighted by Gasteiger charge is -2.32. The van der Waals surface area contributed by atoms with Crippen LogP contribution in [-0.2, 0) is 4.79 Å². The third-order valence-corrected chi connectivity index (χ3v) is 5.03. The maximum absolute atomic E-state index is 12.9. The molecule has 1 aromatic heterocycles.